The second kappa shape index (κ2) is 7.35. The minimum Gasteiger partial charge on any atom is -0.360 e. The Labute approximate surface area is 147 Å². The molecule has 1 amide bonds. The molecule has 134 valence electrons. The summed E-state index contributed by atoms with van der Waals surface area (Å²) < 4.78 is 23.5. The summed E-state index contributed by atoms with van der Waals surface area (Å²) in [5.74, 6) is 0.368. The van der Waals surface area contributed by atoms with Gasteiger partial charge in [-0.05, 0) is 31.0 Å². The maximum atomic E-state index is 12.1. The lowest BCUT2D eigenvalue weighted by Gasteiger charge is -2.22. The van der Waals surface area contributed by atoms with Crippen LogP contribution in [0.15, 0.2) is 29.4 Å². The maximum Gasteiger partial charge on any atom is 0.239 e. The Bertz CT molecular complexity index is 877. The highest BCUT2D eigenvalue weighted by Crippen LogP contribution is 2.23. The first-order valence-electron chi connectivity index (χ1n) is 8.41. The van der Waals surface area contributed by atoms with Gasteiger partial charge in [-0.1, -0.05) is 19.3 Å². The number of sulfone groups is 1. The molecule has 1 aliphatic carbocycles. The van der Waals surface area contributed by atoms with E-state index in [1.807, 2.05) is 0 Å². The third-order valence-electron chi connectivity index (χ3n) is 4.42. The number of carbonyl (C=O) groups is 1. The van der Waals surface area contributed by atoms with Gasteiger partial charge in [0.25, 0.3) is 0 Å². The Hall–Kier alpha value is -2.22. The molecule has 1 saturated carbocycles. The summed E-state index contributed by atoms with van der Waals surface area (Å²) in [7, 11) is -3.32. The normalized spacial score (nSPS) is 15.9. The second-order valence-corrected chi connectivity index (χ2v) is 8.45. The van der Waals surface area contributed by atoms with Gasteiger partial charge in [0, 0.05) is 17.7 Å². The van der Waals surface area contributed by atoms with Gasteiger partial charge >= 0.3 is 0 Å². The molecule has 0 aliphatic heterocycles. The molecule has 2 N–H and O–H groups in total. The van der Waals surface area contributed by atoms with Crippen molar-refractivity contribution >= 4 is 32.5 Å². The van der Waals surface area contributed by atoms with Gasteiger partial charge in [-0.2, -0.15) is 0 Å². The molecular weight excluding hydrogens is 340 g/mol. The van der Waals surface area contributed by atoms with Crippen LogP contribution in [0, 0.1) is 0 Å². The van der Waals surface area contributed by atoms with E-state index < -0.39 is 9.84 Å². The molecule has 1 aliphatic rings. The summed E-state index contributed by atoms with van der Waals surface area (Å²) in [6, 6.07) is 4.94. The van der Waals surface area contributed by atoms with Crippen LogP contribution in [0.1, 0.15) is 32.1 Å². The van der Waals surface area contributed by atoms with Crippen LogP contribution in [0.5, 0.6) is 0 Å². The standard InChI is InChI=1S/C17H22N4O3S/c1-25(23,24)13-7-8-15-14(9-13)17(20-11-19-15)18-10-16(22)21-12-5-3-2-4-6-12/h7-9,11-12H,2-6,10H2,1H3,(H,21,22)(H,18,19,20). The molecule has 0 bridgehead atoms. The van der Waals surface area contributed by atoms with E-state index in [0.717, 1.165) is 31.9 Å². The molecule has 3 rings (SSSR count). The van der Waals surface area contributed by atoms with Crippen molar-refractivity contribution in [3.63, 3.8) is 0 Å². The lowest BCUT2D eigenvalue weighted by atomic mass is 9.95. The average Bonchev–Trinajstić information content (AvgIpc) is 2.59. The van der Waals surface area contributed by atoms with Crippen LogP contribution in [0.4, 0.5) is 5.82 Å². The average molecular weight is 362 g/mol. The molecule has 2 aromatic rings. The number of anilines is 1. The number of fused-ring (bicyclic) bond motifs is 1. The molecule has 0 saturated heterocycles. The first kappa shape index (κ1) is 17.6. The Balaban J connectivity index is 1.73. The number of amides is 1. The topological polar surface area (TPSA) is 101 Å². The summed E-state index contributed by atoms with van der Waals surface area (Å²) in [6.07, 6.45) is 8.15. The van der Waals surface area contributed by atoms with Crippen molar-refractivity contribution in [2.45, 2.75) is 43.0 Å². The van der Waals surface area contributed by atoms with Crippen molar-refractivity contribution in [1.82, 2.24) is 15.3 Å². The van der Waals surface area contributed by atoms with E-state index in [1.165, 1.54) is 24.9 Å². The van der Waals surface area contributed by atoms with Crippen LogP contribution in [0.2, 0.25) is 0 Å². The van der Waals surface area contributed by atoms with Crippen molar-refractivity contribution in [3.05, 3.63) is 24.5 Å². The third-order valence-corrected chi connectivity index (χ3v) is 5.53. The maximum absolute atomic E-state index is 12.1. The molecule has 1 aromatic carbocycles. The van der Waals surface area contributed by atoms with Gasteiger partial charge in [0.05, 0.1) is 17.0 Å². The number of hydrogen-bond donors (Lipinski definition) is 2. The quantitative estimate of drug-likeness (QED) is 0.842. The van der Waals surface area contributed by atoms with Crippen molar-refractivity contribution in [1.29, 1.82) is 0 Å². The van der Waals surface area contributed by atoms with Crippen molar-refractivity contribution < 1.29 is 13.2 Å². The lowest BCUT2D eigenvalue weighted by molar-refractivity contribution is -0.120. The SMILES string of the molecule is CS(=O)(=O)c1ccc2ncnc(NCC(=O)NC3CCCCC3)c2c1. The Morgan fingerprint density at radius 1 is 1.20 bits per heavy atom. The zero-order valence-corrected chi connectivity index (χ0v) is 15.0. The number of carbonyl (C=O) groups excluding carboxylic acids is 1. The summed E-state index contributed by atoms with van der Waals surface area (Å²) in [5, 5.41) is 6.61. The fourth-order valence-electron chi connectivity index (χ4n) is 3.10. The van der Waals surface area contributed by atoms with E-state index in [2.05, 4.69) is 20.6 Å². The Kier molecular flexibility index (Phi) is 5.17. The highest BCUT2D eigenvalue weighted by Gasteiger charge is 2.16. The van der Waals surface area contributed by atoms with Crippen molar-refractivity contribution in [3.8, 4) is 0 Å². The molecule has 0 atom stereocenters. The lowest BCUT2D eigenvalue weighted by Crippen LogP contribution is -2.39. The molecule has 8 heteroatoms. The van der Waals surface area contributed by atoms with Gasteiger partial charge in [-0.25, -0.2) is 18.4 Å². The highest BCUT2D eigenvalue weighted by atomic mass is 32.2. The number of aromatic nitrogens is 2. The summed E-state index contributed by atoms with van der Waals surface area (Å²) in [6.45, 7) is 0.0890. The van der Waals surface area contributed by atoms with Crippen molar-refractivity contribution in [2.75, 3.05) is 18.1 Å². The number of benzene rings is 1. The number of hydrogen-bond acceptors (Lipinski definition) is 6. The van der Waals surface area contributed by atoms with Crippen LogP contribution >= 0.6 is 0 Å². The minimum absolute atomic E-state index is 0.0853. The predicted molar refractivity (Wildman–Crippen MR) is 96.2 cm³/mol. The fourth-order valence-corrected chi connectivity index (χ4v) is 3.74. The van der Waals surface area contributed by atoms with Crippen LogP contribution in [-0.2, 0) is 14.6 Å². The van der Waals surface area contributed by atoms with Gasteiger partial charge in [-0.3, -0.25) is 4.79 Å². The van der Waals surface area contributed by atoms with E-state index >= 15 is 0 Å². The number of nitrogens with one attached hydrogen (secondary N) is 2. The fraction of sp³-hybridized carbons (Fsp3) is 0.471. The summed E-state index contributed by atoms with van der Waals surface area (Å²) in [5.41, 5.74) is 0.623. The molecule has 25 heavy (non-hydrogen) atoms. The van der Waals surface area contributed by atoms with Gasteiger partial charge < -0.3 is 10.6 Å². The molecule has 1 heterocycles. The van der Waals surface area contributed by atoms with Crippen molar-refractivity contribution in [2.24, 2.45) is 0 Å². The first-order valence-corrected chi connectivity index (χ1v) is 10.3. The predicted octanol–water partition coefficient (Wildman–Crippen LogP) is 1.89. The molecule has 1 fully saturated rings. The highest BCUT2D eigenvalue weighted by molar-refractivity contribution is 7.90. The molecular formula is C17H22N4O3S. The van der Waals surface area contributed by atoms with Crippen LogP contribution in [-0.4, -0.2) is 43.1 Å². The monoisotopic (exact) mass is 362 g/mol. The minimum atomic E-state index is -3.32. The van der Waals surface area contributed by atoms with Crippen LogP contribution in [0.3, 0.4) is 0 Å². The molecule has 7 nitrogen and oxygen atoms in total. The smallest absolute Gasteiger partial charge is 0.239 e. The zero-order valence-electron chi connectivity index (χ0n) is 14.2. The second-order valence-electron chi connectivity index (χ2n) is 6.43. The van der Waals surface area contributed by atoms with E-state index in [0.29, 0.717) is 16.7 Å². The van der Waals surface area contributed by atoms with E-state index in [-0.39, 0.29) is 23.4 Å². The number of rotatable bonds is 5. The Morgan fingerprint density at radius 3 is 2.68 bits per heavy atom. The van der Waals surface area contributed by atoms with E-state index in [4.69, 9.17) is 0 Å². The van der Waals surface area contributed by atoms with E-state index in [1.54, 1.807) is 6.07 Å². The van der Waals surface area contributed by atoms with Gasteiger partial charge in [0.2, 0.25) is 5.91 Å². The molecule has 0 radical (unpaired) electrons. The third kappa shape index (κ3) is 4.45. The van der Waals surface area contributed by atoms with Crippen LogP contribution in [0.25, 0.3) is 10.9 Å². The first-order chi connectivity index (χ1) is 11.9. The van der Waals surface area contributed by atoms with Gasteiger partial charge in [-0.15, -0.1) is 0 Å². The Morgan fingerprint density at radius 2 is 1.96 bits per heavy atom. The van der Waals surface area contributed by atoms with Gasteiger partial charge in [0.15, 0.2) is 9.84 Å². The van der Waals surface area contributed by atoms with E-state index in [9.17, 15) is 13.2 Å². The number of nitrogens with zero attached hydrogens (tertiary/aromatic N) is 2. The van der Waals surface area contributed by atoms with Gasteiger partial charge in [0.1, 0.15) is 12.1 Å². The largest absolute Gasteiger partial charge is 0.360 e. The molecule has 1 aromatic heterocycles. The molecule has 0 unspecified atom stereocenters. The zero-order chi connectivity index (χ0) is 17.9. The van der Waals surface area contributed by atoms with Crippen LogP contribution < -0.4 is 10.6 Å². The summed E-state index contributed by atoms with van der Waals surface area (Å²) in [4.78, 5) is 20.6. The molecule has 0 spiro atoms. The summed E-state index contributed by atoms with van der Waals surface area (Å²) >= 11 is 0.